The fourth-order valence-corrected chi connectivity index (χ4v) is 3.24. The Balaban J connectivity index is 1.56. The third-order valence-electron chi connectivity index (χ3n) is 4.55. The Morgan fingerprint density at radius 3 is 2.39 bits per heavy atom. The van der Waals surface area contributed by atoms with Crippen LogP contribution in [0.15, 0.2) is 30.3 Å². The summed E-state index contributed by atoms with van der Waals surface area (Å²) in [6.45, 7) is 0. The van der Waals surface area contributed by atoms with Gasteiger partial charge in [-0.1, -0.05) is 24.4 Å². The van der Waals surface area contributed by atoms with E-state index in [1.807, 2.05) is 24.3 Å². The lowest BCUT2D eigenvalue weighted by Crippen LogP contribution is -2.17. The molecule has 2 aromatic rings. The van der Waals surface area contributed by atoms with Crippen molar-refractivity contribution in [2.75, 3.05) is 10.6 Å². The zero-order valence-electron chi connectivity index (χ0n) is 13.1. The largest absolute Gasteiger partial charge is 0.351 e. The summed E-state index contributed by atoms with van der Waals surface area (Å²) in [6, 6.07) is 10.3. The summed E-state index contributed by atoms with van der Waals surface area (Å²) in [5, 5.41) is 7.62. The maximum Gasteiger partial charge on any atom is 0.225 e. The number of anilines is 3. The number of benzene rings is 1. The molecule has 2 saturated carbocycles. The highest BCUT2D eigenvalue weighted by molar-refractivity contribution is 6.30. The van der Waals surface area contributed by atoms with Crippen LogP contribution in [0.3, 0.4) is 0 Å². The molecule has 0 radical (unpaired) electrons. The van der Waals surface area contributed by atoms with Crippen molar-refractivity contribution in [1.29, 1.82) is 0 Å². The summed E-state index contributed by atoms with van der Waals surface area (Å²) < 4.78 is 0. The quantitative estimate of drug-likeness (QED) is 0.801. The molecule has 4 nitrogen and oxygen atoms in total. The molecule has 0 amide bonds. The summed E-state index contributed by atoms with van der Waals surface area (Å²) in [5.41, 5.74) is 2.14. The third-order valence-corrected chi connectivity index (χ3v) is 4.80. The minimum Gasteiger partial charge on any atom is -0.351 e. The molecule has 1 aromatic heterocycles. The van der Waals surface area contributed by atoms with Crippen LogP contribution in [-0.4, -0.2) is 16.0 Å². The lowest BCUT2D eigenvalue weighted by Gasteiger charge is -2.14. The first-order chi connectivity index (χ1) is 11.3. The highest BCUT2D eigenvalue weighted by Crippen LogP contribution is 2.40. The Labute approximate surface area is 141 Å². The van der Waals surface area contributed by atoms with Gasteiger partial charge >= 0.3 is 0 Å². The van der Waals surface area contributed by atoms with Gasteiger partial charge in [0.1, 0.15) is 5.82 Å². The van der Waals surface area contributed by atoms with Gasteiger partial charge in [-0.3, -0.25) is 0 Å². The molecule has 0 spiro atoms. The van der Waals surface area contributed by atoms with Crippen molar-refractivity contribution in [2.45, 2.75) is 50.5 Å². The van der Waals surface area contributed by atoms with E-state index in [9.17, 15) is 0 Å². The predicted octanol–water partition coefficient (Wildman–Crippen LogP) is 5.11. The fraction of sp³-hybridized carbons (Fsp3) is 0.444. The molecule has 1 heterocycles. The van der Waals surface area contributed by atoms with Crippen LogP contribution in [0, 0.1) is 0 Å². The van der Waals surface area contributed by atoms with E-state index < -0.39 is 0 Å². The van der Waals surface area contributed by atoms with Crippen LogP contribution in [0.1, 0.15) is 50.1 Å². The first-order valence-corrected chi connectivity index (χ1v) is 8.82. The summed E-state index contributed by atoms with van der Waals surface area (Å²) in [4.78, 5) is 9.39. The van der Waals surface area contributed by atoms with Gasteiger partial charge in [0, 0.05) is 28.7 Å². The maximum absolute atomic E-state index is 5.95. The smallest absolute Gasteiger partial charge is 0.225 e. The standard InChI is InChI=1S/C18H21ClN4/c19-13-7-9-15(10-8-13)20-17-11-16(12-5-6-12)22-18(23-17)21-14-3-1-2-4-14/h7-12,14H,1-6H2,(H2,20,21,22,23). The van der Waals surface area contributed by atoms with Gasteiger partial charge in [-0.2, -0.15) is 4.98 Å². The molecule has 23 heavy (non-hydrogen) atoms. The Morgan fingerprint density at radius 1 is 0.957 bits per heavy atom. The molecule has 2 aliphatic rings. The minimum absolute atomic E-state index is 0.521. The van der Waals surface area contributed by atoms with Crippen LogP contribution < -0.4 is 10.6 Å². The van der Waals surface area contributed by atoms with Crippen LogP contribution >= 0.6 is 11.6 Å². The second kappa shape index (κ2) is 6.36. The molecule has 4 rings (SSSR count). The van der Waals surface area contributed by atoms with Crippen molar-refractivity contribution in [1.82, 2.24) is 9.97 Å². The van der Waals surface area contributed by atoms with Gasteiger partial charge in [-0.25, -0.2) is 4.98 Å². The van der Waals surface area contributed by atoms with Crippen LogP contribution in [-0.2, 0) is 0 Å². The molecule has 2 aliphatic carbocycles. The molecule has 120 valence electrons. The summed E-state index contributed by atoms with van der Waals surface area (Å²) in [6.07, 6.45) is 7.51. The van der Waals surface area contributed by atoms with E-state index in [-0.39, 0.29) is 0 Å². The van der Waals surface area contributed by atoms with E-state index in [0.29, 0.717) is 12.0 Å². The van der Waals surface area contributed by atoms with E-state index in [1.165, 1.54) is 38.5 Å². The minimum atomic E-state index is 0.521. The maximum atomic E-state index is 5.95. The number of aromatic nitrogens is 2. The Bertz CT molecular complexity index is 676. The predicted molar refractivity (Wildman–Crippen MR) is 94.6 cm³/mol. The molecular formula is C18H21ClN4. The van der Waals surface area contributed by atoms with Crippen molar-refractivity contribution >= 4 is 29.1 Å². The van der Waals surface area contributed by atoms with Crippen molar-refractivity contribution in [3.8, 4) is 0 Å². The second-order valence-electron chi connectivity index (χ2n) is 6.53. The van der Waals surface area contributed by atoms with Crippen LogP contribution in [0.25, 0.3) is 0 Å². The van der Waals surface area contributed by atoms with Gasteiger partial charge in [0.05, 0.1) is 5.69 Å². The number of nitrogens with one attached hydrogen (secondary N) is 2. The topological polar surface area (TPSA) is 49.8 Å². The zero-order chi connectivity index (χ0) is 15.6. The number of halogens is 1. The molecule has 1 aromatic carbocycles. The molecule has 0 atom stereocenters. The first kappa shape index (κ1) is 14.8. The van der Waals surface area contributed by atoms with Crippen molar-refractivity contribution in [3.05, 3.63) is 41.0 Å². The molecule has 0 bridgehead atoms. The molecule has 0 saturated heterocycles. The van der Waals surface area contributed by atoms with Gasteiger partial charge in [-0.05, 0) is 49.9 Å². The summed E-state index contributed by atoms with van der Waals surface area (Å²) >= 11 is 5.95. The Hall–Kier alpha value is -1.81. The third kappa shape index (κ3) is 3.75. The monoisotopic (exact) mass is 328 g/mol. The average molecular weight is 329 g/mol. The zero-order valence-corrected chi connectivity index (χ0v) is 13.8. The second-order valence-corrected chi connectivity index (χ2v) is 6.97. The molecule has 0 unspecified atom stereocenters. The fourth-order valence-electron chi connectivity index (χ4n) is 3.12. The normalized spacial score (nSPS) is 18.1. The van der Waals surface area contributed by atoms with E-state index in [0.717, 1.165) is 28.2 Å². The van der Waals surface area contributed by atoms with E-state index in [1.54, 1.807) is 0 Å². The van der Waals surface area contributed by atoms with Crippen molar-refractivity contribution in [2.24, 2.45) is 0 Å². The van der Waals surface area contributed by atoms with Gasteiger partial charge in [0.15, 0.2) is 0 Å². The first-order valence-electron chi connectivity index (χ1n) is 8.44. The molecule has 5 heteroatoms. The number of hydrogen-bond acceptors (Lipinski definition) is 4. The summed E-state index contributed by atoms with van der Waals surface area (Å²) in [7, 11) is 0. The van der Waals surface area contributed by atoms with E-state index in [2.05, 4.69) is 21.7 Å². The van der Waals surface area contributed by atoms with Crippen LogP contribution in [0.4, 0.5) is 17.5 Å². The molecular weight excluding hydrogens is 308 g/mol. The number of nitrogens with zero attached hydrogens (tertiary/aromatic N) is 2. The number of rotatable bonds is 5. The Kier molecular flexibility index (Phi) is 4.08. The Morgan fingerprint density at radius 2 is 1.70 bits per heavy atom. The van der Waals surface area contributed by atoms with E-state index >= 15 is 0 Å². The van der Waals surface area contributed by atoms with Gasteiger partial charge in [0.25, 0.3) is 0 Å². The highest BCUT2D eigenvalue weighted by Gasteiger charge is 2.26. The number of hydrogen-bond donors (Lipinski definition) is 2. The van der Waals surface area contributed by atoms with Gasteiger partial charge < -0.3 is 10.6 Å². The molecule has 2 N–H and O–H groups in total. The molecule has 2 fully saturated rings. The van der Waals surface area contributed by atoms with Crippen LogP contribution in [0.2, 0.25) is 5.02 Å². The lowest BCUT2D eigenvalue weighted by molar-refractivity contribution is 0.742. The van der Waals surface area contributed by atoms with Crippen molar-refractivity contribution < 1.29 is 0 Å². The van der Waals surface area contributed by atoms with Gasteiger partial charge in [-0.15, -0.1) is 0 Å². The van der Waals surface area contributed by atoms with Crippen molar-refractivity contribution in [3.63, 3.8) is 0 Å². The van der Waals surface area contributed by atoms with Crippen LogP contribution in [0.5, 0.6) is 0 Å². The molecule has 0 aliphatic heterocycles. The SMILES string of the molecule is Clc1ccc(Nc2cc(C3CC3)nc(NC3CCCC3)n2)cc1. The average Bonchev–Trinajstić information content (AvgIpc) is 3.28. The summed E-state index contributed by atoms with van der Waals surface area (Å²) in [5.74, 6) is 2.22. The van der Waals surface area contributed by atoms with E-state index in [4.69, 9.17) is 16.6 Å². The lowest BCUT2D eigenvalue weighted by atomic mass is 10.2. The van der Waals surface area contributed by atoms with Gasteiger partial charge in [0.2, 0.25) is 5.95 Å². The highest BCUT2D eigenvalue weighted by atomic mass is 35.5.